The summed E-state index contributed by atoms with van der Waals surface area (Å²) < 4.78 is 37.4. The van der Waals surface area contributed by atoms with Crippen LogP contribution in [0.4, 0.5) is 18.9 Å². The van der Waals surface area contributed by atoms with Gasteiger partial charge in [0.2, 0.25) is 5.91 Å². The zero-order chi connectivity index (χ0) is 11.6. The molecule has 0 fully saturated rings. The lowest BCUT2D eigenvalue weighted by atomic mass is 10.1. The smallest absolute Gasteiger partial charge is 0.326 e. The number of amides is 1. The van der Waals surface area contributed by atoms with E-state index in [1.807, 2.05) is 0 Å². The van der Waals surface area contributed by atoms with Crippen molar-refractivity contribution in [2.24, 2.45) is 0 Å². The standard InChI is InChI=1S/C9H7ClF3NO/c1-5(15)14-8-3-2-6(10)4-7(8)9(11,12)13/h2-4H,1H3,(H,14,15). The highest BCUT2D eigenvalue weighted by atomic mass is 35.5. The average molecular weight is 238 g/mol. The number of hydrogen-bond donors (Lipinski definition) is 1. The van der Waals surface area contributed by atoms with Gasteiger partial charge in [-0.25, -0.2) is 0 Å². The SMILES string of the molecule is CC(=O)Nc1ccc(Cl)cc1C(F)(F)F. The summed E-state index contributed by atoms with van der Waals surface area (Å²) in [7, 11) is 0. The van der Waals surface area contributed by atoms with Crippen molar-refractivity contribution in [1.29, 1.82) is 0 Å². The van der Waals surface area contributed by atoms with Crippen LogP contribution in [0.3, 0.4) is 0 Å². The highest BCUT2D eigenvalue weighted by molar-refractivity contribution is 6.30. The molecule has 0 aliphatic heterocycles. The normalized spacial score (nSPS) is 11.3. The molecule has 0 saturated carbocycles. The number of nitrogens with one attached hydrogen (secondary N) is 1. The molecule has 0 radical (unpaired) electrons. The third-order valence-electron chi connectivity index (χ3n) is 1.60. The summed E-state index contributed by atoms with van der Waals surface area (Å²) in [5, 5.41) is 2.06. The van der Waals surface area contributed by atoms with Crippen LogP contribution in [0.2, 0.25) is 5.02 Å². The number of carbonyl (C=O) groups excluding carboxylic acids is 1. The first kappa shape index (κ1) is 11.8. The van der Waals surface area contributed by atoms with Gasteiger partial charge in [0.25, 0.3) is 0 Å². The molecule has 0 heterocycles. The van der Waals surface area contributed by atoms with Crippen LogP contribution in [0.1, 0.15) is 12.5 Å². The molecule has 0 atom stereocenters. The topological polar surface area (TPSA) is 29.1 Å². The van der Waals surface area contributed by atoms with Crippen LogP contribution in [-0.2, 0) is 11.0 Å². The molecule has 0 spiro atoms. The number of rotatable bonds is 1. The molecule has 6 heteroatoms. The monoisotopic (exact) mass is 237 g/mol. The number of hydrogen-bond acceptors (Lipinski definition) is 1. The fourth-order valence-corrected chi connectivity index (χ4v) is 1.22. The fourth-order valence-electron chi connectivity index (χ4n) is 1.05. The molecule has 0 aliphatic carbocycles. The molecule has 0 unspecified atom stereocenters. The van der Waals surface area contributed by atoms with E-state index in [4.69, 9.17) is 11.6 Å². The van der Waals surface area contributed by atoms with Crippen molar-refractivity contribution < 1.29 is 18.0 Å². The van der Waals surface area contributed by atoms with E-state index < -0.39 is 17.6 Å². The first-order valence-electron chi connectivity index (χ1n) is 3.95. The minimum Gasteiger partial charge on any atom is -0.326 e. The molecule has 0 aromatic heterocycles. The van der Waals surface area contributed by atoms with Crippen molar-refractivity contribution in [1.82, 2.24) is 0 Å². The van der Waals surface area contributed by atoms with Gasteiger partial charge in [-0.3, -0.25) is 4.79 Å². The molecule has 1 aromatic carbocycles. The van der Waals surface area contributed by atoms with Crippen molar-refractivity contribution in [2.75, 3.05) is 5.32 Å². The van der Waals surface area contributed by atoms with E-state index in [9.17, 15) is 18.0 Å². The van der Waals surface area contributed by atoms with Gasteiger partial charge in [-0.1, -0.05) is 11.6 Å². The fraction of sp³-hybridized carbons (Fsp3) is 0.222. The molecular weight excluding hydrogens is 231 g/mol. The summed E-state index contributed by atoms with van der Waals surface area (Å²) in [6.07, 6.45) is -4.54. The summed E-state index contributed by atoms with van der Waals surface area (Å²) in [5.41, 5.74) is -1.25. The predicted octanol–water partition coefficient (Wildman–Crippen LogP) is 3.32. The summed E-state index contributed by atoms with van der Waals surface area (Å²) in [6.45, 7) is 1.13. The minimum absolute atomic E-state index is 0.0311. The molecule has 0 saturated heterocycles. The molecule has 2 nitrogen and oxygen atoms in total. The van der Waals surface area contributed by atoms with Crippen LogP contribution < -0.4 is 5.32 Å². The first-order valence-corrected chi connectivity index (χ1v) is 4.33. The number of halogens is 4. The maximum absolute atomic E-state index is 12.5. The van der Waals surface area contributed by atoms with Crippen LogP contribution in [0.25, 0.3) is 0 Å². The van der Waals surface area contributed by atoms with E-state index in [1.165, 1.54) is 6.07 Å². The van der Waals surface area contributed by atoms with Gasteiger partial charge in [-0.15, -0.1) is 0 Å². The highest BCUT2D eigenvalue weighted by Crippen LogP contribution is 2.36. The quantitative estimate of drug-likeness (QED) is 0.798. The Morgan fingerprint density at radius 2 is 2.00 bits per heavy atom. The van der Waals surface area contributed by atoms with Gasteiger partial charge in [0.15, 0.2) is 0 Å². The average Bonchev–Trinajstić information content (AvgIpc) is 2.05. The third-order valence-corrected chi connectivity index (χ3v) is 1.83. The second-order valence-electron chi connectivity index (χ2n) is 2.87. The number of carbonyl (C=O) groups is 1. The largest absolute Gasteiger partial charge is 0.418 e. The molecular formula is C9H7ClF3NO. The summed E-state index contributed by atoms with van der Waals surface area (Å²) in [4.78, 5) is 10.7. The molecule has 1 rings (SSSR count). The molecule has 1 aromatic rings. The molecule has 0 bridgehead atoms. The lowest BCUT2D eigenvalue weighted by molar-refractivity contribution is -0.136. The Bertz CT molecular complexity index is 389. The Balaban J connectivity index is 3.20. The van der Waals surface area contributed by atoms with E-state index >= 15 is 0 Å². The van der Waals surface area contributed by atoms with Gasteiger partial charge >= 0.3 is 6.18 Å². The molecule has 0 aliphatic rings. The minimum atomic E-state index is -4.54. The Morgan fingerprint density at radius 3 is 2.47 bits per heavy atom. The van der Waals surface area contributed by atoms with Crippen molar-refractivity contribution in [3.8, 4) is 0 Å². The predicted molar refractivity (Wildman–Crippen MR) is 50.8 cm³/mol. The van der Waals surface area contributed by atoms with Crippen LogP contribution in [0.5, 0.6) is 0 Å². The lowest BCUT2D eigenvalue weighted by Gasteiger charge is -2.12. The van der Waals surface area contributed by atoms with E-state index in [-0.39, 0.29) is 10.7 Å². The number of alkyl halides is 3. The van der Waals surface area contributed by atoms with Crippen LogP contribution >= 0.6 is 11.6 Å². The van der Waals surface area contributed by atoms with Gasteiger partial charge < -0.3 is 5.32 Å². The van der Waals surface area contributed by atoms with Crippen molar-refractivity contribution in [2.45, 2.75) is 13.1 Å². The van der Waals surface area contributed by atoms with E-state index in [2.05, 4.69) is 5.32 Å². The van der Waals surface area contributed by atoms with Gasteiger partial charge in [0, 0.05) is 11.9 Å². The van der Waals surface area contributed by atoms with E-state index in [1.54, 1.807) is 0 Å². The maximum atomic E-state index is 12.5. The van der Waals surface area contributed by atoms with Crippen molar-refractivity contribution in [3.05, 3.63) is 28.8 Å². The summed E-state index contributed by atoms with van der Waals surface area (Å²) in [6, 6.07) is 3.17. The van der Waals surface area contributed by atoms with Gasteiger partial charge in [-0.05, 0) is 18.2 Å². The highest BCUT2D eigenvalue weighted by Gasteiger charge is 2.33. The Hall–Kier alpha value is -1.23. The van der Waals surface area contributed by atoms with Crippen LogP contribution in [-0.4, -0.2) is 5.91 Å². The third kappa shape index (κ3) is 3.13. The van der Waals surface area contributed by atoms with Crippen molar-refractivity contribution >= 4 is 23.2 Å². The van der Waals surface area contributed by atoms with Gasteiger partial charge in [0.1, 0.15) is 0 Å². The molecule has 82 valence electrons. The second-order valence-corrected chi connectivity index (χ2v) is 3.31. The summed E-state index contributed by atoms with van der Waals surface area (Å²) in [5.74, 6) is -0.567. The molecule has 1 N–H and O–H groups in total. The number of anilines is 1. The second kappa shape index (κ2) is 4.10. The Labute approximate surface area is 89.0 Å². The van der Waals surface area contributed by atoms with Gasteiger partial charge in [-0.2, -0.15) is 13.2 Å². The Kier molecular flexibility index (Phi) is 3.24. The molecule has 1 amide bonds. The zero-order valence-electron chi connectivity index (χ0n) is 7.65. The Morgan fingerprint density at radius 1 is 1.40 bits per heavy atom. The van der Waals surface area contributed by atoms with Crippen LogP contribution in [0, 0.1) is 0 Å². The van der Waals surface area contributed by atoms with E-state index in [0.717, 1.165) is 19.1 Å². The van der Waals surface area contributed by atoms with Gasteiger partial charge in [0.05, 0.1) is 11.3 Å². The number of benzene rings is 1. The zero-order valence-corrected chi connectivity index (χ0v) is 8.41. The maximum Gasteiger partial charge on any atom is 0.418 e. The summed E-state index contributed by atoms with van der Waals surface area (Å²) >= 11 is 5.45. The lowest BCUT2D eigenvalue weighted by Crippen LogP contribution is -2.13. The molecule has 15 heavy (non-hydrogen) atoms. The van der Waals surface area contributed by atoms with E-state index in [0.29, 0.717) is 0 Å². The first-order chi connectivity index (χ1) is 6.80. The van der Waals surface area contributed by atoms with Crippen LogP contribution in [0.15, 0.2) is 18.2 Å². The van der Waals surface area contributed by atoms with Crippen molar-refractivity contribution in [3.63, 3.8) is 0 Å².